The molecule has 0 aromatic carbocycles. The van der Waals surface area contributed by atoms with Gasteiger partial charge < -0.3 is 9.42 Å². The van der Waals surface area contributed by atoms with Crippen LogP contribution in [0.15, 0.2) is 45.9 Å². The maximum Gasteiger partial charge on any atom is 0.258 e. The van der Waals surface area contributed by atoms with Gasteiger partial charge in [-0.1, -0.05) is 5.16 Å². The zero-order chi connectivity index (χ0) is 16.4. The van der Waals surface area contributed by atoms with E-state index in [1.54, 1.807) is 23.7 Å². The maximum atomic E-state index is 12.4. The van der Waals surface area contributed by atoms with E-state index in [0.29, 0.717) is 17.6 Å². The second-order valence-corrected chi connectivity index (χ2v) is 6.65. The predicted octanol–water partition coefficient (Wildman–Crippen LogP) is 2.90. The first-order valence-corrected chi connectivity index (χ1v) is 8.78. The van der Waals surface area contributed by atoms with Crippen molar-refractivity contribution < 1.29 is 9.32 Å². The smallest absolute Gasteiger partial charge is 0.258 e. The van der Waals surface area contributed by atoms with E-state index in [1.165, 1.54) is 0 Å². The van der Waals surface area contributed by atoms with E-state index in [2.05, 4.69) is 15.1 Å². The largest absolute Gasteiger partial charge is 0.338 e. The van der Waals surface area contributed by atoms with Gasteiger partial charge in [-0.25, -0.2) is 0 Å². The Morgan fingerprint density at radius 1 is 1.33 bits per heavy atom. The van der Waals surface area contributed by atoms with Crippen LogP contribution < -0.4 is 0 Å². The van der Waals surface area contributed by atoms with Gasteiger partial charge in [-0.15, -0.1) is 0 Å². The molecule has 0 saturated carbocycles. The fraction of sp³-hybridized carbons (Fsp3) is 0.294. The Morgan fingerprint density at radius 3 is 3.00 bits per heavy atom. The number of hydrogen-bond donors (Lipinski definition) is 0. The third kappa shape index (κ3) is 3.07. The molecule has 122 valence electrons. The molecule has 6 nitrogen and oxygen atoms in total. The van der Waals surface area contributed by atoms with E-state index >= 15 is 0 Å². The molecule has 0 aliphatic carbocycles. The minimum absolute atomic E-state index is 0.115. The summed E-state index contributed by atoms with van der Waals surface area (Å²) in [7, 11) is 0. The molecule has 0 spiro atoms. The van der Waals surface area contributed by atoms with E-state index in [4.69, 9.17) is 4.52 Å². The Kier molecular flexibility index (Phi) is 4.08. The summed E-state index contributed by atoms with van der Waals surface area (Å²) < 4.78 is 5.33. The summed E-state index contributed by atoms with van der Waals surface area (Å²) in [4.78, 5) is 22.7. The van der Waals surface area contributed by atoms with Crippen molar-refractivity contribution in [3.63, 3.8) is 0 Å². The number of rotatable bonds is 4. The quantitative estimate of drug-likeness (QED) is 0.730. The molecule has 0 bridgehead atoms. The van der Waals surface area contributed by atoms with Gasteiger partial charge in [0.2, 0.25) is 0 Å². The summed E-state index contributed by atoms with van der Waals surface area (Å²) >= 11 is 1.55. The minimum atomic E-state index is 0.115. The number of pyridine rings is 1. The Labute approximate surface area is 143 Å². The zero-order valence-corrected chi connectivity index (χ0v) is 13.8. The average Bonchev–Trinajstić information content (AvgIpc) is 3.37. The molecular weight excluding hydrogens is 324 g/mol. The van der Waals surface area contributed by atoms with Crippen LogP contribution >= 0.6 is 11.3 Å². The summed E-state index contributed by atoms with van der Waals surface area (Å²) in [6.07, 6.45) is 5.09. The molecule has 1 aliphatic heterocycles. The van der Waals surface area contributed by atoms with Crippen molar-refractivity contribution in [2.24, 2.45) is 5.92 Å². The third-order valence-corrected chi connectivity index (χ3v) is 4.89. The topological polar surface area (TPSA) is 72.1 Å². The lowest BCUT2D eigenvalue weighted by Gasteiger charge is -2.15. The molecule has 0 N–H and O–H groups in total. The lowest BCUT2D eigenvalue weighted by atomic mass is 10.1. The molecule has 3 aromatic heterocycles. The Hall–Kier alpha value is -2.54. The first-order chi connectivity index (χ1) is 11.8. The van der Waals surface area contributed by atoms with Crippen LogP contribution in [-0.4, -0.2) is 39.0 Å². The number of amides is 1. The van der Waals surface area contributed by atoms with E-state index < -0.39 is 0 Å². The summed E-state index contributed by atoms with van der Waals surface area (Å²) in [6.45, 7) is 1.53. The molecule has 1 amide bonds. The van der Waals surface area contributed by atoms with E-state index in [-0.39, 0.29) is 5.91 Å². The van der Waals surface area contributed by atoms with Gasteiger partial charge in [-0.05, 0) is 35.9 Å². The molecule has 1 atom stereocenters. The highest BCUT2D eigenvalue weighted by Crippen LogP contribution is 2.23. The van der Waals surface area contributed by atoms with Crippen molar-refractivity contribution in [3.05, 3.63) is 52.7 Å². The zero-order valence-electron chi connectivity index (χ0n) is 13.0. The summed E-state index contributed by atoms with van der Waals surface area (Å²) in [6, 6.07) is 5.56. The van der Waals surface area contributed by atoms with E-state index in [1.807, 2.05) is 33.9 Å². The van der Waals surface area contributed by atoms with Crippen LogP contribution in [0.3, 0.4) is 0 Å². The van der Waals surface area contributed by atoms with Crippen molar-refractivity contribution in [1.82, 2.24) is 20.0 Å². The number of thiophene rings is 1. The first kappa shape index (κ1) is 15.0. The highest BCUT2D eigenvalue weighted by molar-refractivity contribution is 7.08. The van der Waals surface area contributed by atoms with Crippen LogP contribution in [0.25, 0.3) is 11.5 Å². The van der Waals surface area contributed by atoms with Gasteiger partial charge in [0.05, 0.1) is 5.56 Å². The van der Waals surface area contributed by atoms with Crippen LogP contribution in [0, 0.1) is 5.92 Å². The standard InChI is InChI=1S/C17H16N4O2S/c22-17(14-4-8-24-11-14)21-7-3-12(10-21)9-15-19-16(23-20-15)13-1-5-18-6-2-13/h1-2,4-6,8,11-12H,3,7,9-10H2. The monoisotopic (exact) mass is 340 g/mol. The second-order valence-electron chi connectivity index (χ2n) is 5.87. The van der Waals surface area contributed by atoms with Crippen molar-refractivity contribution in [1.29, 1.82) is 0 Å². The van der Waals surface area contributed by atoms with Gasteiger partial charge in [0.25, 0.3) is 11.8 Å². The van der Waals surface area contributed by atoms with Gasteiger partial charge in [-0.3, -0.25) is 9.78 Å². The average molecular weight is 340 g/mol. The number of carbonyl (C=O) groups excluding carboxylic acids is 1. The molecule has 4 heterocycles. The SMILES string of the molecule is O=C(c1ccsc1)N1CCC(Cc2noc(-c3ccncc3)n2)C1. The van der Waals surface area contributed by atoms with Gasteiger partial charge in [-0.2, -0.15) is 16.3 Å². The summed E-state index contributed by atoms with van der Waals surface area (Å²) in [5, 5.41) is 7.90. The Morgan fingerprint density at radius 2 is 2.21 bits per heavy atom. The van der Waals surface area contributed by atoms with Gasteiger partial charge in [0.15, 0.2) is 5.82 Å². The highest BCUT2D eigenvalue weighted by atomic mass is 32.1. The normalized spacial score (nSPS) is 17.3. The molecule has 24 heavy (non-hydrogen) atoms. The fourth-order valence-electron chi connectivity index (χ4n) is 2.96. The van der Waals surface area contributed by atoms with Crippen molar-refractivity contribution in [2.75, 3.05) is 13.1 Å². The minimum Gasteiger partial charge on any atom is -0.338 e. The van der Waals surface area contributed by atoms with Crippen LogP contribution in [0.5, 0.6) is 0 Å². The first-order valence-electron chi connectivity index (χ1n) is 7.84. The van der Waals surface area contributed by atoms with E-state index in [0.717, 1.165) is 37.1 Å². The molecule has 1 saturated heterocycles. The lowest BCUT2D eigenvalue weighted by Crippen LogP contribution is -2.28. The Bertz CT molecular complexity index is 816. The number of carbonyl (C=O) groups is 1. The van der Waals surface area contributed by atoms with Crippen molar-refractivity contribution >= 4 is 17.2 Å². The number of nitrogens with zero attached hydrogens (tertiary/aromatic N) is 4. The molecule has 3 aromatic rings. The lowest BCUT2D eigenvalue weighted by molar-refractivity contribution is 0.0787. The third-order valence-electron chi connectivity index (χ3n) is 4.21. The Balaban J connectivity index is 1.39. The van der Waals surface area contributed by atoms with Gasteiger partial charge >= 0.3 is 0 Å². The summed E-state index contributed by atoms with van der Waals surface area (Å²) in [5.41, 5.74) is 1.64. The van der Waals surface area contributed by atoms with Gasteiger partial charge in [0.1, 0.15) is 0 Å². The molecular formula is C17H16N4O2S. The maximum absolute atomic E-state index is 12.4. The molecule has 1 aliphatic rings. The number of aromatic nitrogens is 3. The highest BCUT2D eigenvalue weighted by Gasteiger charge is 2.28. The van der Waals surface area contributed by atoms with Crippen LogP contribution in [0.1, 0.15) is 22.6 Å². The van der Waals surface area contributed by atoms with Gasteiger partial charge in [0, 0.05) is 42.8 Å². The molecule has 4 rings (SSSR count). The molecule has 1 unspecified atom stereocenters. The van der Waals surface area contributed by atoms with Crippen molar-refractivity contribution in [3.8, 4) is 11.5 Å². The van der Waals surface area contributed by atoms with Crippen LogP contribution in [-0.2, 0) is 6.42 Å². The van der Waals surface area contributed by atoms with Crippen LogP contribution in [0.4, 0.5) is 0 Å². The number of likely N-dealkylation sites (tertiary alicyclic amines) is 1. The predicted molar refractivity (Wildman–Crippen MR) is 89.6 cm³/mol. The van der Waals surface area contributed by atoms with E-state index in [9.17, 15) is 4.79 Å². The summed E-state index contributed by atoms with van der Waals surface area (Å²) in [5.74, 6) is 1.69. The number of hydrogen-bond acceptors (Lipinski definition) is 6. The fourth-order valence-corrected chi connectivity index (χ4v) is 3.59. The molecule has 7 heteroatoms. The second kappa shape index (κ2) is 6.52. The van der Waals surface area contributed by atoms with Crippen LogP contribution in [0.2, 0.25) is 0 Å². The van der Waals surface area contributed by atoms with Crippen molar-refractivity contribution in [2.45, 2.75) is 12.8 Å². The molecule has 0 radical (unpaired) electrons. The molecule has 1 fully saturated rings.